The fraction of sp³-hybridized carbons (Fsp3) is 0. The molecule has 0 saturated carbocycles. The Bertz CT molecular complexity index is 419. The second-order valence-electron chi connectivity index (χ2n) is 2.08. The van der Waals surface area contributed by atoms with E-state index in [1.54, 1.807) is 0 Å². The fourth-order valence-corrected chi connectivity index (χ4v) is 0.724. The van der Waals surface area contributed by atoms with Gasteiger partial charge in [-0.2, -0.15) is 20.4 Å². The zero-order chi connectivity index (χ0) is 9.26. The highest BCUT2D eigenvalue weighted by molar-refractivity contribution is 5.82. The number of nitrogens with zero attached hydrogens (tertiary/aromatic N) is 4. The highest BCUT2D eigenvalue weighted by Gasteiger charge is 2.15. The van der Waals surface area contributed by atoms with E-state index in [1.165, 1.54) is 6.20 Å². The number of nitrogens with one attached hydrogen (secondary N) is 1. The topological polar surface area (TPSA) is 118 Å². The van der Waals surface area contributed by atoms with Crippen LogP contribution in [0.5, 0.6) is 0 Å². The molecule has 0 aliphatic heterocycles. The van der Waals surface area contributed by atoms with E-state index in [0.717, 1.165) is 0 Å². The third-order valence-corrected chi connectivity index (χ3v) is 1.25. The van der Waals surface area contributed by atoms with Crippen LogP contribution in [0.1, 0.15) is 10.7 Å². The van der Waals surface area contributed by atoms with E-state index in [4.69, 9.17) is 5.11 Å². The summed E-state index contributed by atoms with van der Waals surface area (Å²) in [6, 6.07) is 0. The summed E-state index contributed by atoms with van der Waals surface area (Å²) in [6.07, 6.45) is 1.36. The molecule has 2 aromatic rings. The molecule has 0 atom stereocenters. The Labute approximate surface area is 70.6 Å². The zero-order valence-corrected chi connectivity index (χ0v) is 6.13. The van der Waals surface area contributed by atoms with Crippen molar-refractivity contribution in [1.82, 2.24) is 25.6 Å². The molecule has 0 fully saturated rings. The first-order valence-corrected chi connectivity index (χ1v) is 3.20. The van der Waals surface area contributed by atoms with E-state index < -0.39 is 11.9 Å². The largest absolute Gasteiger partial charge is 0.474 e. The van der Waals surface area contributed by atoms with Gasteiger partial charge in [-0.25, -0.2) is 4.79 Å². The maximum Gasteiger partial charge on any atom is 0.394 e. The first-order chi connectivity index (χ1) is 6.27. The van der Waals surface area contributed by atoms with Crippen LogP contribution >= 0.6 is 0 Å². The van der Waals surface area contributed by atoms with Crippen molar-refractivity contribution in [3.63, 3.8) is 0 Å². The molecular weight excluding hydrogens is 178 g/mol. The number of aromatic nitrogens is 5. The molecule has 0 aromatic carbocycles. The quantitative estimate of drug-likeness (QED) is 0.644. The van der Waals surface area contributed by atoms with Crippen LogP contribution in [0.15, 0.2) is 10.7 Å². The number of rotatable bonds is 2. The molecular formula is C5H3N5O3. The van der Waals surface area contributed by atoms with Crippen LogP contribution < -0.4 is 0 Å². The Balaban J connectivity index is 2.39. The van der Waals surface area contributed by atoms with Crippen molar-refractivity contribution in [2.24, 2.45) is 0 Å². The average Bonchev–Trinajstić information content (AvgIpc) is 2.75. The number of hydrogen-bond acceptors (Lipinski definition) is 6. The molecule has 2 heterocycles. The number of aromatic carboxylic acids is 1. The van der Waals surface area contributed by atoms with Crippen molar-refractivity contribution in [1.29, 1.82) is 0 Å². The molecule has 8 heteroatoms. The summed E-state index contributed by atoms with van der Waals surface area (Å²) in [6.45, 7) is 0. The minimum absolute atomic E-state index is 0.0890. The molecule has 0 aliphatic rings. The van der Waals surface area contributed by atoms with E-state index in [-0.39, 0.29) is 5.82 Å². The maximum atomic E-state index is 10.3. The van der Waals surface area contributed by atoms with E-state index in [1.807, 2.05) is 0 Å². The standard InChI is InChI=1S/C5H3N5O3/c11-5(12)4-7-3(9-13-4)2-1-6-10-8-2/h1H,(H,11,12)(H,6,8,10). The Morgan fingerprint density at radius 3 is 3.00 bits per heavy atom. The molecule has 13 heavy (non-hydrogen) atoms. The van der Waals surface area contributed by atoms with Gasteiger partial charge in [0.2, 0.25) is 5.82 Å². The van der Waals surface area contributed by atoms with Gasteiger partial charge in [-0.15, -0.1) is 0 Å². The van der Waals surface area contributed by atoms with Crippen molar-refractivity contribution in [2.45, 2.75) is 0 Å². The van der Waals surface area contributed by atoms with Crippen LogP contribution in [0, 0.1) is 0 Å². The summed E-state index contributed by atoms with van der Waals surface area (Å²) in [5.74, 6) is -1.66. The minimum Gasteiger partial charge on any atom is -0.474 e. The van der Waals surface area contributed by atoms with Gasteiger partial charge < -0.3 is 9.63 Å². The lowest BCUT2D eigenvalue weighted by Crippen LogP contribution is -1.95. The summed E-state index contributed by atoms with van der Waals surface area (Å²) < 4.78 is 4.41. The molecule has 0 aliphatic carbocycles. The highest BCUT2D eigenvalue weighted by Crippen LogP contribution is 2.09. The predicted molar refractivity (Wildman–Crippen MR) is 36.6 cm³/mol. The van der Waals surface area contributed by atoms with Crippen molar-refractivity contribution in [3.8, 4) is 11.5 Å². The molecule has 2 N–H and O–H groups in total. The second-order valence-corrected chi connectivity index (χ2v) is 2.08. The maximum absolute atomic E-state index is 10.3. The summed E-state index contributed by atoms with van der Waals surface area (Å²) in [7, 11) is 0. The number of carboxylic acid groups (broad SMARTS) is 1. The van der Waals surface area contributed by atoms with Crippen molar-refractivity contribution < 1.29 is 14.4 Å². The van der Waals surface area contributed by atoms with Gasteiger partial charge in [-0.05, 0) is 0 Å². The van der Waals surface area contributed by atoms with Gasteiger partial charge in [0.25, 0.3) is 0 Å². The van der Waals surface area contributed by atoms with Gasteiger partial charge in [0.05, 0.1) is 6.20 Å². The van der Waals surface area contributed by atoms with Crippen molar-refractivity contribution in [3.05, 3.63) is 12.1 Å². The van der Waals surface area contributed by atoms with E-state index in [9.17, 15) is 4.79 Å². The Morgan fingerprint density at radius 1 is 1.62 bits per heavy atom. The Kier molecular flexibility index (Phi) is 1.51. The monoisotopic (exact) mass is 181 g/mol. The van der Waals surface area contributed by atoms with Crippen LogP contribution in [-0.4, -0.2) is 36.6 Å². The first kappa shape index (κ1) is 7.40. The summed E-state index contributed by atoms with van der Waals surface area (Å²) in [5.41, 5.74) is 0.330. The van der Waals surface area contributed by atoms with Gasteiger partial charge >= 0.3 is 11.9 Å². The van der Waals surface area contributed by atoms with Crippen LogP contribution in [0.3, 0.4) is 0 Å². The van der Waals surface area contributed by atoms with E-state index in [2.05, 4.69) is 30.1 Å². The third-order valence-electron chi connectivity index (χ3n) is 1.25. The van der Waals surface area contributed by atoms with Gasteiger partial charge in [-0.1, -0.05) is 5.16 Å². The molecule has 0 spiro atoms. The van der Waals surface area contributed by atoms with Crippen LogP contribution in [-0.2, 0) is 0 Å². The number of carboxylic acids is 1. The van der Waals surface area contributed by atoms with E-state index in [0.29, 0.717) is 5.69 Å². The van der Waals surface area contributed by atoms with Crippen LogP contribution in [0.4, 0.5) is 0 Å². The molecule has 0 unspecified atom stereocenters. The predicted octanol–water partition coefficient (Wildman–Crippen LogP) is -0.447. The normalized spacial score (nSPS) is 10.2. The molecule has 0 saturated heterocycles. The number of aromatic amines is 1. The molecule has 0 radical (unpaired) electrons. The second kappa shape index (κ2) is 2.66. The molecule has 2 aromatic heterocycles. The smallest absolute Gasteiger partial charge is 0.394 e. The lowest BCUT2D eigenvalue weighted by Gasteiger charge is -1.78. The minimum atomic E-state index is -1.28. The Hall–Kier alpha value is -2.25. The molecule has 66 valence electrons. The Morgan fingerprint density at radius 2 is 2.46 bits per heavy atom. The summed E-state index contributed by atoms with van der Waals surface area (Å²) in [5, 5.41) is 21.3. The number of H-pyrrole nitrogens is 1. The lowest BCUT2D eigenvalue weighted by molar-refractivity contribution is 0.0643. The summed E-state index contributed by atoms with van der Waals surface area (Å²) in [4.78, 5) is 13.9. The van der Waals surface area contributed by atoms with Crippen LogP contribution in [0.2, 0.25) is 0 Å². The fourth-order valence-electron chi connectivity index (χ4n) is 0.724. The molecule has 8 nitrogen and oxygen atoms in total. The third kappa shape index (κ3) is 1.24. The number of hydrogen-bond donors (Lipinski definition) is 2. The van der Waals surface area contributed by atoms with E-state index >= 15 is 0 Å². The zero-order valence-electron chi connectivity index (χ0n) is 6.13. The van der Waals surface area contributed by atoms with Gasteiger partial charge in [0.15, 0.2) is 5.69 Å². The molecule has 0 amide bonds. The molecule has 0 bridgehead atoms. The molecule has 2 rings (SSSR count). The van der Waals surface area contributed by atoms with Crippen LogP contribution in [0.25, 0.3) is 11.5 Å². The van der Waals surface area contributed by atoms with Gasteiger partial charge in [0.1, 0.15) is 0 Å². The van der Waals surface area contributed by atoms with Crippen molar-refractivity contribution >= 4 is 5.97 Å². The number of carbonyl (C=O) groups is 1. The SMILES string of the molecule is O=C(O)c1nc(-c2cn[nH]n2)no1. The lowest BCUT2D eigenvalue weighted by atomic mass is 10.5. The van der Waals surface area contributed by atoms with Crippen molar-refractivity contribution in [2.75, 3.05) is 0 Å². The summed E-state index contributed by atoms with van der Waals surface area (Å²) >= 11 is 0. The van der Waals surface area contributed by atoms with Gasteiger partial charge in [-0.3, -0.25) is 0 Å². The van der Waals surface area contributed by atoms with Gasteiger partial charge in [0, 0.05) is 0 Å². The first-order valence-electron chi connectivity index (χ1n) is 3.20. The average molecular weight is 181 g/mol. The highest BCUT2D eigenvalue weighted by atomic mass is 16.5.